The maximum Gasteiger partial charge on any atom is 0.390 e. The largest absolute Gasteiger partial charge is 0.481 e. The molecule has 0 saturated heterocycles. The van der Waals surface area contributed by atoms with E-state index in [0.29, 0.717) is 12.8 Å². The molecule has 1 atom stereocenters. The van der Waals surface area contributed by atoms with Gasteiger partial charge in [0.2, 0.25) is 0 Å². The second kappa shape index (κ2) is 7.78. The summed E-state index contributed by atoms with van der Waals surface area (Å²) in [6.45, 7) is 1.18. The first-order chi connectivity index (χ1) is 8.20. The number of carboxylic acid groups (broad SMARTS) is 1. The second-order valence-electron chi connectivity index (χ2n) is 3.95. The van der Waals surface area contributed by atoms with Crippen molar-refractivity contribution in [2.24, 2.45) is 0 Å². The molecule has 0 saturated carbocycles. The number of aliphatic carboxylic acids is 1. The molecule has 0 aliphatic carbocycles. The van der Waals surface area contributed by atoms with Crippen molar-refractivity contribution >= 4 is 12.0 Å². The molecule has 0 rings (SSSR count). The summed E-state index contributed by atoms with van der Waals surface area (Å²) >= 11 is 0. The van der Waals surface area contributed by atoms with Crippen molar-refractivity contribution in [3.05, 3.63) is 0 Å². The van der Waals surface area contributed by atoms with Crippen molar-refractivity contribution in [2.75, 3.05) is 6.54 Å². The van der Waals surface area contributed by atoms with Gasteiger partial charge in [-0.05, 0) is 19.8 Å². The molecule has 0 fully saturated rings. The number of alkyl halides is 3. The Morgan fingerprint density at radius 2 is 1.94 bits per heavy atom. The number of hydrogen-bond donors (Lipinski definition) is 3. The van der Waals surface area contributed by atoms with E-state index in [1.165, 1.54) is 0 Å². The fourth-order valence-electron chi connectivity index (χ4n) is 1.22. The normalized spacial score (nSPS) is 12.9. The third-order valence-electron chi connectivity index (χ3n) is 2.10. The minimum atomic E-state index is -4.29. The molecular weight excluding hydrogens is 253 g/mol. The van der Waals surface area contributed by atoms with E-state index in [0.717, 1.165) is 0 Å². The van der Waals surface area contributed by atoms with Crippen LogP contribution in [0.1, 0.15) is 32.6 Å². The summed E-state index contributed by atoms with van der Waals surface area (Å²) in [5.41, 5.74) is 0. The van der Waals surface area contributed by atoms with E-state index >= 15 is 0 Å². The third kappa shape index (κ3) is 11.0. The van der Waals surface area contributed by atoms with Gasteiger partial charge in [0.15, 0.2) is 0 Å². The van der Waals surface area contributed by atoms with Crippen LogP contribution in [0, 0.1) is 0 Å². The van der Waals surface area contributed by atoms with Crippen LogP contribution in [0.25, 0.3) is 0 Å². The van der Waals surface area contributed by atoms with Gasteiger partial charge in [-0.2, -0.15) is 13.2 Å². The molecule has 0 aromatic carbocycles. The summed E-state index contributed by atoms with van der Waals surface area (Å²) in [7, 11) is 0. The van der Waals surface area contributed by atoms with Gasteiger partial charge in [-0.25, -0.2) is 4.79 Å². The van der Waals surface area contributed by atoms with Crippen molar-refractivity contribution in [3.8, 4) is 0 Å². The Balaban J connectivity index is 3.64. The van der Waals surface area contributed by atoms with Crippen LogP contribution in [0.15, 0.2) is 0 Å². The van der Waals surface area contributed by atoms with Gasteiger partial charge < -0.3 is 15.7 Å². The lowest BCUT2D eigenvalue weighted by molar-refractivity contribution is -0.137. The first-order valence-corrected chi connectivity index (χ1v) is 5.53. The molecule has 0 radical (unpaired) electrons. The standard InChI is InChI=1S/C10H17F3N2O3/c1-7(3-2-4-8(16)17)15-9(18)14-6-5-10(11,12)13/h7H,2-6H2,1H3,(H,16,17)(H2,14,15,18). The molecule has 106 valence electrons. The van der Waals surface area contributed by atoms with Gasteiger partial charge in [-0.1, -0.05) is 0 Å². The average Bonchev–Trinajstić information content (AvgIpc) is 2.14. The molecule has 1 unspecified atom stereocenters. The molecule has 0 aliphatic heterocycles. The van der Waals surface area contributed by atoms with Gasteiger partial charge in [-0.15, -0.1) is 0 Å². The quantitative estimate of drug-likeness (QED) is 0.661. The Kier molecular flexibility index (Phi) is 7.14. The summed E-state index contributed by atoms with van der Waals surface area (Å²) in [5, 5.41) is 12.9. The lowest BCUT2D eigenvalue weighted by atomic mass is 10.1. The predicted octanol–water partition coefficient (Wildman–Crippen LogP) is 1.88. The summed E-state index contributed by atoms with van der Waals surface area (Å²) in [6.07, 6.45) is -4.51. The summed E-state index contributed by atoms with van der Waals surface area (Å²) in [5.74, 6) is -0.920. The van der Waals surface area contributed by atoms with Crippen molar-refractivity contribution in [1.82, 2.24) is 10.6 Å². The number of halogens is 3. The number of carbonyl (C=O) groups excluding carboxylic acids is 1. The van der Waals surface area contributed by atoms with Gasteiger partial charge >= 0.3 is 18.2 Å². The zero-order chi connectivity index (χ0) is 14.2. The van der Waals surface area contributed by atoms with Crippen molar-refractivity contribution in [2.45, 2.75) is 44.8 Å². The molecular formula is C10H17F3N2O3. The van der Waals surface area contributed by atoms with E-state index < -0.39 is 31.1 Å². The fraction of sp³-hybridized carbons (Fsp3) is 0.800. The highest BCUT2D eigenvalue weighted by molar-refractivity contribution is 5.74. The van der Waals surface area contributed by atoms with Gasteiger partial charge in [0.05, 0.1) is 6.42 Å². The number of hydrogen-bond acceptors (Lipinski definition) is 2. The molecule has 0 aliphatic rings. The Morgan fingerprint density at radius 3 is 2.44 bits per heavy atom. The van der Waals surface area contributed by atoms with Crippen LogP contribution in [0.5, 0.6) is 0 Å². The van der Waals surface area contributed by atoms with Gasteiger partial charge in [0.1, 0.15) is 0 Å². The fourth-order valence-corrected chi connectivity index (χ4v) is 1.22. The highest BCUT2D eigenvalue weighted by Crippen LogP contribution is 2.17. The van der Waals surface area contributed by atoms with E-state index in [4.69, 9.17) is 5.11 Å². The molecule has 0 spiro atoms. The molecule has 18 heavy (non-hydrogen) atoms. The zero-order valence-electron chi connectivity index (χ0n) is 10.0. The number of carbonyl (C=O) groups is 2. The minimum absolute atomic E-state index is 0.00170. The van der Waals surface area contributed by atoms with Crippen LogP contribution in [0.3, 0.4) is 0 Å². The first kappa shape index (κ1) is 16.5. The van der Waals surface area contributed by atoms with Gasteiger partial charge in [-0.3, -0.25) is 4.79 Å². The average molecular weight is 270 g/mol. The highest BCUT2D eigenvalue weighted by atomic mass is 19.4. The molecule has 0 aromatic heterocycles. The predicted molar refractivity (Wildman–Crippen MR) is 58.2 cm³/mol. The van der Waals surface area contributed by atoms with Crippen LogP contribution in [-0.2, 0) is 4.79 Å². The summed E-state index contributed by atoms with van der Waals surface area (Å²) < 4.78 is 35.4. The molecule has 0 aromatic rings. The summed E-state index contributed by atoms with van der Waals surface area (Å²) in [4.78, 5) is 21.4. The molecule has 3 N–H and O–H groups in total. The number of carboxylic acids is 1. The topological polar surface area (TPSA) is 78.4 Å². The molecule has 8 heteroatoms. The maximum atomic E-state index is 11.8. The van der Waals surface area contributed by atoms with E-state index in [2.05, 4.69) is 10.6 Å². The Hall–Kier alpha value is -1.47. The van der Waals surface area contributed by atoms with Crippen LogP contribution in [0.2, 0.25) is 0 Å². The van der Waals surface area contributed by atoms with Crippen LogP contribution >= 0.6 is 0 Å². The molecule has 0 bridgehead atoms. The van der Waals surface area contributed by atoms with E-state index in [9.17, 15) is 22.8 Å². The summed E-state index contributed by atoms with van der Waals surface area (Å²) in [6, 6.07) is -0.961. The molecule has 2 amide bonds. The SMILES string of the molecule is CC(CCCC(=O)O)NC(=O)NCCC(F)(F)F. The lowest BCUT2D eigenvalue weighted by Gasteiger charge is -2.14. The van der Waals surface area contributed by atoms with E-state index in [-0.39, 0.29) is 12.5 Å². The first-order valence-electron chi connectivity index (χ1n) is 5.53. The maximum absolute atomic E-state index is 11.8. The van der Waals surface area contributed by atoms with Crippen LogP contribution in [0.4, 0.5) is 18.0 Å². The van der Waals surface area contributed by atoms with Crippen molar-refractivity contribution in [1.29, 1.82) is 0 Å². The third-order valence-corrected chi connectivity index (χ3v) is 2.10. The Bertz CT molecular complexity index is 282. The van der Waals surface area contributed by atoms with Gasteiger partial charge in [0.25, 0.3) is 0 Å². The lowest BCUT2D eigenvalue weighted by Crippen LogP contribution is -2.41. The van der Waals surface area contributed by atoms with E-state index in [1.807, 2.05) is 0 Å². The monoisotopic (exact) mass is 270 g/mol. The number of rotatable bonds is 7. The van der Waals surface area contributed by atoms with Crippen LogP contribution < -0.4 is 10.6 Å². The molecule has 0 heterocycles. The second-order valence-corrected chi connectivity index (χ2v) is 3.95. The smallest absolute Gasteiger partial charge is 0.390 e. The Labute approximate surface area is 103 Å². The minimum Gasteiger partial charge on any atom is -0.481 e. The number of urea groups is 1. The highest BCUT2D eigenvalue weighted by Gasteiger charge is 2.26. The van der Waals surface area contributed by atoms with Crippen LogP contribution in [-0.4, -0.2) is 35.9 Å². The van der Waals surface area contributed by atoms with Gasteiger partial charge in [0, 0.05) is 19.0 Å². The Morgan fingerprint density at radius 1 is 1.33 bits per heavy atom. The number of nitrogens with one attached hydrogen (secondary N) is 2. The van der Waals surface area contributed by atoms with Crippen molar-refractivity contribution in [3.63, 3.8) is 0 Å². The molecule has 5 nitrogen and oxygen atoms in total. The van der Waals surface area contributed by atoms with E-state index in [1.54, 1.807) is 6.92 Å². The zero-order valence-corrected chi connectivity index (χ0v) is 10.0. The number of amides is 2. The van der Waals surface area contributed by atoms with Crippen molar-refractivity contribution < 1.29 is 27.9 Å².